The Balaban J connectivity index is 1.54. The highest BCUT2D eigenvalue weighted by molar-refractivity contribution is 6.03. The van der Waals surface area contributed by atoms with Crippen molar-refractivity contribution >= 4 is 17.4 Å². The lowest BCUT2D eigenvalue weighted by Gasteiger charge is -2.08. The van der Waals surface area contributed by atoms with Crippen LogP contribution in [0.4, 0.5) is 10.1 Å². The van der Waals surface area contributed by atoms with Crippen molar-refractivity contribution in [3.05, 3.63) is 59.4 Å². The van der Waals surface area contributed by atoms with Crippen LogP contribution in [0.25, 0.3) is 11.4 Å². The van der Waals surface area contributed by atoms with Crippen molar-refractivity contribution in [2.75, 3.05) is 5.32 Å². The summed E-state index contributed by atoms with van der Waals surface area (Å²) in [6, 6.07) is 11.5. The zero-order chi connectivity index (χ0) is 20.1. The van der Waals surface area contributed by atoms with Gasteiger partial charge in [0.25, 0.3) is 0 Å². The van der Waals surface area contributed by atoms with E-state index in [1.807, 2.05) is 0 Å². The van der Waals surface area contributed by atoms with Gasteiger partial charge in [0, 0.05) is 17.5 Å². The maximum atomic E-state index is 13.4. The topological polar surface area (TPSA) is 89.8 Å². The van der Waals surface area contributed by atoms with Gasteiger partial charge in [-0.25, -0.2) is 4.39 Å². The highest BCUT2D eigenvalue weighted by Crippen LogP contribution is 2.18. The quantitative estimate of drug-likeness (QED) is 0.634. The number of para-hydroxylation sites is 1. The van der Waals surface area contributed by atoms with Gasteiger partial charge in [-0.2, -0.15) is 4.80 Å². The second-order valence-corrected chi connectivity index (χ2v) is 6.43. The lowest BCUT2D eigenvalue weighted by molar-refractivity contribution is -0.116. The molecule has 0 spiro atoms. The van der Waals surface area contributed by atoms with Crippen LogP contribution in [-0.4, -0.2) is 31.9 Å². The number of halogens is 1. The molecule has 0 bridgehead atoms. The van der Waals surface area contributed by atoms with Crippen molar-refractivity contribution in [1.29, 1.82) is 0 Å². The van der Waals surface area contributed by atoms with E-state index in [2.05, 4.69) is 20.7 Å². The number of carbonyl (C=O) groups excluding carboxylic acids is 2. The molecule has 0 saturated carbocycles. The third-order valence-electron chi connectivity index (χ3n) is 4.21. The van der Waals surface area contributed by atoms with Gasteiger partial charge in [-0.3, -0.25) is 9.59 Å². The Labute approximate surface area is 161 Å². The molecule has 144 valence electrons. The molecule has 0 aliphatic carbocycles. The summed E-state index contributed by atoms with van der Waals surface area (Å²) in [5.74, 6) is -0.175. The zero-order valence-electron chi connectivity index (χ0n) is 15.6. The number of anilines is 1. The lowest BCUT2D eigenvalue weighted by Crippen LogP contribution is -2.15. The van der Waals surface area contributed by atoms with E-state index < -0.39 is 0 Å². The SMILES string of the molecule is CC(=O)c1ccccc1NC(=O)CCCn1nnc(-c2ccc(F)c(C)c2)n1. The highest BCUT2D eigenvalue weighted by atomic mass is 19.1. The number of aromatic nitrogens is 4. The number of amides is 1. The van der Waals surface area contributed by atoms with E-state index in [-0.39, 0.29) is 23.9 Å². The average Bonchev–Trinajstić information content (AvgIpc) is 3.13. The Bertz CT molecular complexity index is 1020. The number of ketones is 1. The summed E-state index contributed by atoms with van der Waals surface area (Å²) < 4.78 is 13.4. The molecule has 0 aliphatic rings. The van der Waals surface area contributed by atoms with Gasteiger partial charge >= 0.3 is 0 Å². The molecule has 1 heterocycles. The van der Waals surface area contributed by atoms with Gasteiger partial charge in [0.2, 0.25) is 11.7 Å². The van der Waals surface area contributed by atoms with Crippen LogP contribution in [0.1, 0.15) is 35.7 Å². The molecule has 1 aromatic heterocycles. The van der Waals surface area contributed by atoms with Gasteiger partial charge in [0.15, 0.2) is 5.78 Å². The standard InChI is InChI=1S/C20H20FN5O2/c1-13-12-15(9-10-17(13)21)20-23-25-26(24-20)11-5-8-19(28)22-18-7-4-3-6-16(18)14(2)27/h3-4,6-7,9-10,12H,5,8,11H2,1-2H3,(H,22,28). The Kier molecular flexibility index (Phi) is 5.88. The summed E-state index contributed by atoms with van der Waals surface area (Å²) in [6.07, 6.45) is 0.755. The normalized spacial score (nSPS) is 10.7. The van der Waals surface area contributed by atoms with Gasteiger partial charge in [-0.1, -0.05) is 12.1 Å². The second-order valence-electron chi connectivity index (χ2n) is 6.43. The van der Waals surface area contributed by atoms with E-state index >= 15 is 0 Å². The molecule has 0 atom stereocenters. The summed E-state index contributed by atoms with van der Waals surface area (Å²) in [4.78, 5) is 25.2. The molecular weight excluding hydrogens is 361 g/mol. The first-order valence-corrected chi connectivity index (χ1v) is 8.88. The van der Waals surface area contributed by atoms with Gasteiger partial charge in [-0.15, -0.1) is 10.2 Å². The molecule has 0 fully saturated rings. The third-order valence-corrected chi connectivity index (χ3v) is 4.21. The predicted octanol–water partition coefficient (Wildman–Crippen LogP) is 3.41. The Morgan fingerprint density at radius 2 is 1.96 bits per heavy atom. The van der Waals surface area contributed by atoms with Crippen molar-refractivity contribution in [2.24, 2.45) is 0 Å². The largest absolute Gasteiger partial charge is 0.325 e. The van der Waals surface area contributed by atoms with Gasteiger partial charge in [0.05, 0.1) is 12.2 Å². The van der Waals surface area contributed by atoms with Crippen LogP contribution in [0.2, 0.25) is 0 Å². The van der Waals surface area contributed by atoms with Crippen LogP contribution in [0, 0.1) is 12.7 Å². The molecule has 3 rings (SSSR count). The average molecular weight is 381 g/mol. The van der Waals surface area contributed by atoms with Crippen molar-refractivity contribution in [3.8, 4) is 11.4 Å². The molecule has 2 aromatic carbocycles. The number of hydrogen-bond acceptors (Lipinski definition) is 5. The molecule has 1 N–H and O–H groups in total. The van der Waals surface area contributed by atoms with E-state index in [4.69, 9.17) is 0 Å². The van der Waals surface area contributed by atoms with Crippen molar-refractivity contribution < 1.29 is 14.0 Å². The van der Waals surface area contributed by atoms with E-state index in [0.29, 0.717) is 41.2 Å². The number of tetrazole rings is 1. The van der Waals surface area contributed by atoms with Crippen LogP contribution < -0.4 is 5.32 Å². The Morgan fingerprint density at radius 1 is 1.18 bits per heavy atom. The highest BCUT2D eigenvalue weighted by Gasteiger charge is 2.11. The maximum Gasteiger partial charge on any atom is 0.224 e. The number of nitrogens with zero attached hydrogens (tertiary/aromatic N) is 4. The van der Waals surface area contributed by atoms with E-state index in [0.717, 1.165) is 0 Å². The molecule has 3 aromatic rings. The molecule has 0 unspecified atom stereocenters. The summed E-state index contributed by atoms with van der Waals surface area (Å²) in [5.41, 5.74) is 2.18. The first-order chi connectivity index (χ1) is 13.4. The van der Waals surface area contributed by atoms with Crippen LogP contribution in [0.5, 0.6) is 0 Å². The number of aryl methyl sites for hydroxylation is 2. The summed E-state index contributed by atoms with van der Waals surface area (Å²) in [5, 5.41) is 15.0. The number of nitrogens with one attached hydrogen (secondary N) is 1. The van der Waals surface area contributed by atoms with Crippen molar-refractivity contribution in [3.63, 3.8) is 0 Å². The number of Topliss-reactive ketones (excluding diaryl/α,β-unsaturated/α-hetero) is 1. The van der Waals surface area contributed by atoms with Crippen molar-refractivity contribution in [1.82, 2.24) is 20.2 Å². The lowest BCUT2D eigenvalue weighted by atomic mass is 10.1. The zero-order valence-corrected chi connectivity index (χ0v) is 15.6. The summed E-state index contributed by atoms with van der Waals surface area (Å²) >= 11 is 0. The third kappa shape index (κ3) is 4.64. The molecular formula is C20H20FN5O2. The van der Waals surface area contributed by atoms with Crippen LogP contribution >= 0.6 is 0 Å². The second kappa shape index (κ2) is 8.51. The minimum Gasteiger partial charge on any atom is -0.325 e. The number of hydrogen-bond donors (Lipinski definition) is 1. The van der Waals surface area contributed by atoms with Crippen LogP contribution in [0.3, 0.4) is 0 Å². The number of benzene rings is 2. The minimum atomic E-state index is -0.284. The van der Waals surface area contributed by atoms with Crippen molar-refractivity contribution in [2.45, 2.75) is 33.2 Å². The van der Waals surface area contributed by atoms with Crippen LogP contribution in [-0.2, 0) is 11.3 Å². The summed E-state index contributed by atoms with van der Waals surface area (Å²) in [6.45, 7) is 3.54. The monoisotopic (exact) mass is 381 g/mol. The fourth-order valence-electron chi connectivity index (χ4n) is 2.73. The van der Waals surface area contributed by atoms with E-state index in [1.165, 1.54) is 17.8 Å². The first kappa shape index (κ1) is 19.3. The molecule has 0 radical (unpaired) electrons. The van der Waals surface area contributed by atoms with Crippen LogP contribution in [0.15, 0.2) is 42.5 Å². The van der Waals surface area contributed by atoms with Gasteiger partial charge in [0.1, 0.15) is 5.82 Å². The Morgan fingerprint density at radius 3 is 2.71 bits per heavy atom. The van der Waals surface area contributed by atoms with E-state index in [9.17, 15) is 14.0 Å². The molecule has 0 aliphatic heterocycles. The predicted molar refractivity (Wildman–Crippen MR) is 102 cm³/mol. The summed E-state index contributed by atoms with van der Waals surface area (Å²) in [7, 11) is 0. The fraction of sp³-hybridized carbons (Fsp3) is 0.250. The Hall–Kier alpha value is -3.42. The maximum absolute atomic E-state index is 13.4. The smallest absolute Gasteiger partial charge is 0.224 e. The molecule has 8 heteroatoms. The van der Waals surface area contributed by atoms with Gasteiger partial charge < -0.3 is 5.32 Å². The first-order valence-electron chi connectivity index (χ1n) is 8.88. The molecule has 1 amide bonds. The molecule has 0 saturated heterocycles. The molecule has 28 heavy (non-hydrogen) atoms. The number of rotatable bonds is 7. The van der Waals surface area contributed by atoms with Gasteiger partial charge in [-0.05, 0) is 61.4 Å². The minimum absolute atomic E-state index is 0.105. The van der Waals surface area contributed by atoms with E-state index in [1.54, 1.807) is 43.3 Å². The fourth-order valence-corrected chi connectivity index (χ4v) is 2.73. The number of carbonyl (C=O) groups is 2. The molecule has 7 nitrogen and oxygen atoms in total.